The maximum Gasteiger partial charge on any atom is 0.343 e. The molecular formula is C37H40O10. The highest BCUT2D eigenvalue weighted by Gasteiger charge is 2.24. The number of ether oxygens (including phenoxy) is 6. The molecule has 0 heterocycles. The van der Waals surface area contributed by atoms with Gasteiger partial charge in [0.25, 0.3) is 0 Å². The Morgan fingerprint density at radius 2 is 1.32 bits per heavy atom. The number of aryl methyl sites for hydroxylation is 2. The standard InChI is InChI=1S/C37H40O10/c1-6-35(39)44-20-9-8-19-42-31-16-12-28(13-17-31)37(41)47-34-22-26(4)33(46-27(5)38)23-32(34)29(24-45-36(40)7-2)18-21-43-30-14-10-25(3)11-15-30/h6-7,10-17,22-23,29H,1-2,8-9,18-21,24H2,3-5H3. The van der Waals surface area contributed by atoms with Crippen LogP contribution in [-0.2, 0) is 23.9 Å². The molecule has 248 valence electrons. The molecule has 0 fully saturated rings. The molecule has 0 aliphatic rings. The van der Waals surface area contributed by atoms with Gasteiger partial charge in [-0.05, 0) is 87.2 Å². The van der Waals surface area contributed by atoms with Gasteiger partial charge in [-0.1, -0.05) is 30.9 Å². The van der Waals surface area contributed by atoms with E-state index in [1.807, 2.05) is 31.2 Å². The minimum Gasteiger partial charge on any atom is -0.494 e. The first-order valence-corrected chi connectivity index (χ1v) is 15.2. The zero-order valence-electron chi connectivity index (χ0n) is 27.0. The molecule has 10 nitrogen and oxygen atoms in total. The summed E-state index contributed by atoms with van der Waals surface area (Å²) in [4.78, 5) is 48.3. The van der Waals surface area contributed by atoms with E-state index in [0.29, 0.717) is 48.5 Å². The van der Waals surface area contributed by atoms with Crippen LogP contribution in [0.3, 0.4) is 0 Å². The summed E-state index contributed by atoms with van der Waals surface area (Å²) in [6.07, 6.45) is 3.85. The molecule has 1 atom stereocenters. The van der Waals surface area contributed by atoms with Crippen LogP contribution in [0.5, 0.6) is 23.0 Å². The van der Waals surface area contributed by atoms with Gasteiger partial charge < -0.3 is 28.4 Å². The lowest BCUT2D eigenvalue weighted by molar-refractivity contribution is -0.139. The summed E-state index contributed by atoms with van der Waals surface area (Å²) in [5.41, 5.74) is 2.42. The molecule has 0 spiro atoms. The molecule has 0 aromatic heterocycles. The van der Waals surface area contributed by atoms with E-state index in [4.69, 9.17) is 28.4 Å². The van der Waals surface area contributed by atoms with Gasteiger partial charge in [0.1, 0.15) is 23.0 Å². The van der Waals surface area contributed by atoms with Gasteiger partial charge >= 0.3 is 23.9 Å². The molecule has 0 radical (unpaired) electrons. The molecule has 0 saturated carbocycles. The van der Waals surface area contributed by atoms with E-state index in [2.05, 4.69) is 13.2 Å². The Morgan fingerprint density at radius 1 is 0.723 bits per heavy atom. The summed E-state index contributed by atoms with van der Waals surface area (Å²) >= 11 is 0. The minimum absolute atomic E-state index is 0.0715. The Balaban J connectivity index is 1.77. The minimum atomic E-state index is -0.626. The lowest BCUT2D eigenvalue weighted by Crippen LogP contribution is -2.18. The second kappa shape index (κ2) is 18.6. The molecule has 0 aliphatic heterocycles. The first-order valence-electron chi connectivity index (χ1n) is 15.2. The summed E-state index contributed by atoms with van der Waals surface area (Å²) < 4.78 is 33.3. The van der Waals surface area contributed by atoms with Crippen LogP contribution in [0.25, 0.3) is 0 Å². The fourth-order valence-corrected chi connectivity index (χ4v) is 4.35. The van der Waals surface area contributed by atoms with Crippen molar-refractivity contribution in [1.82, 2.24) is 0 Å². The van der Waals surface area contributed by atoms with Gasteiger partial charge in [0, 0.05) is 30.6 Å². The molecule has 1 unspecified atom stereocenters. The number of rotatable bonds is 18. The van der Waals surface area contributed by atoms with Crippen LogP contribution in [0, 0.1) is 13.8 Å². The average molecular weight is 645 g/mol. The third kappa shape index (κ3) is 12.1. The van der Waals surface area contributed by atoms with Crippen molar-refractivity contribution < 1.29 is 47.6 Å². The highest BCUT2D eigenvalue weighted by atomic mass is 16.5. The van der Waals surface area contributed by atoms with E-state index < -0.39 is 29.8 Å². The van der Waals surface area contributed by atoms with Crippen molar-refractivity contribution in [3.05, 3.63) is 108 Å². The summed E-state index contributed by atoms with van der Waals surface area (Å²) in [6.45, 7) is 12.7. The van der Waals surface area contributed by atoms with Crippen molar-refractivity contribution >= 4 is 23.9 Å². The van der Waals surface area contributed by atoms with Crippen molar-refractivity contribution in [1.29, 1.82) is 0 Å². The fourth-order valence-electron chi connectivity index (χ4n) is 4.35. The number of benzene rings is 3. The highest BCUT2D eigenvalue weighted by Crippen LogP contribution is 2.36. The van der Waals surface area contributed by atoms with Gasteiger partial charge in [-0.25, -0.2) is 14.4 Å². The zero-order valence-corrected chi connectivity index (χ0v) is 27.0. The second-order valence-corrected chi connectivity index (χ2v) is 10.6. The normalized spacial score (nSPS) is 11.0. The molecule has 10 heteroatoms. The second-order valence-electron chi connectivity index (χ2n) is 10.6. The Kier molecular flexibility index (Phi) is 14.2. The van der Waals surface area contributed by atoms with Crippen LogP contribution in [0.4, 0.5) is 0 Å². The van der Waals surface area contributed by atoms with Crippen LogP contribution >= 0.6 is 0 Å². The molecule has 0 N–H and O–H groups in total. The summed E-state index contributed by atoms with van der Waals surface area (Å²) in [7, 11) is 0. The average Bonchev–Trinajstić information content (AvgIpc) is 3.06. The highest BCUT2D eigenvalue weighted by molar-refractivity contribution is 5.91. The molecule has 3 aromatic rings. The van der Waals surface area contributed by atoms with Crippen molar-refractivity contribution in [2.75, 3.05) is 26.4 Å². The SMILES string of the molecule is C=CC(=O)OCCCCOc1ccc(C(=O)Oc2cc(C)c(OC(C)=O)cc2C(CCOc2ccc(C)cc2)COC(=O)C=C)cc1. The molecule has 3 aromatic carbocycles. The van der Waals surface area contributed by atoms with Crippen molar-refractivity contribution in [3.8, 4) is 23.0 Å². The Hall–Kier alpha value is -5.38. The van der Waals surface area contributed by atoms with Crippen LogP contribution in [0.2, 0.25) is 0 Å². The smallest absolute Gasteiger partial charge is 0.343 e. The zero-order chi connectivity index (χ0) is 34.2. The van der Waals surface area contributed by atoms with Gasteiger partial charge in [0.15, 0.2) is 0 Å². The van der Waals surface area contributed by atoms with Crippen LogP contribution < -0.4 is 18.9 Å². The molecule has 0 aliphatic carbocycles. The van der Waals surface area contributed by atoms with E-state index in [9.17, 15) is 19.2 Å². The van der Waals surface area contributed by atoms with Crippen LogP contribution in [0.15, 0.2) is 86.0 Å². The molecule has 0 bridgehead atoms. The van der Waals surface area contributed by atoms with Gasteiger partial charge in [-0.2, -0.15) is 0 Å². The number of carbonyl (C=O) groups is 4. The van der Waals surface area contributed by atoms with E-state index in [-0.39, 0.29) is 36.9 Å². The summed E-state index contributed by atoms with van der Waals surface area (Å²) in [5, 5.41) is 0. The van der Waals surface area contributed by atoms with Gasteiger partial charge in [0.05, 0.1) is 32.0 Å². The van der Waals surface area contributed by atoms with Crippen LogP contribution in [0.1, 0.15) is 59.2 Å². The third-order valence-electron chi connectivity index (χ3n) is 6.86. The van der Waals surface area contributed by atoms with E-state index >= 15 is 0 Å². The predicted octanol–water partition coefficient (Wildman–Crippen LogP) is 6.62. The molecule has 0 saturated heterocycles. The third-order valence-corrected chi connectivity index (χ3v) is 6.86. The Labute approximate surface area is 274 Å². The largest absolute Gasteiger partial charge is 0.494 e. The topological polar surface area (TPSA) is 124 Å². The molecule has 47 heavy (non-hydrogen) atoms. The monoisotopic (exact) mass is 644 g/mol. The van der Waals surface area contributed by atoms with Gasteiger partial charge in [-0.3, -0.25) is 4.79 Å². The molecule has 0 amide bonds. The first kappa shape index (κ1) is 36.1. The quantitative estimate of drug-likeness (QED) is 0.0646. The maximum atomic E-state index is 13.3. The Morgan fingerprint density at radius 3 is 1.96 bits per heavy atom. The number of carbonyl (C=O) groups excluding carboxylic acids is 4. The van der Waals surface area contributed by atoms with E-state index in [0.717, 1.165) is 17.7 Å². The lowest BCUT2D eigenvalue weighted by Gasteiger charge is -2.22. The number of unbranched alkanes of at least 4 members (excludes halogenated alkanes) is 1. The number of hydrogen-bond acceptors (Lipinski definition) is 10. The number of hydrogen-bond donors (Lipinski definition) is 0. The molecular weight excluding hydrogens is 604 g/mol. The summed E-state index contributed by atoms with van der Waals surface area (Å²) in [5.74, 6) is -0.979. The van der Waals surface area contributed by atoms with Crippen molar-refractivity contribution in [2.24, 2.45) is 0 Å². The Bertz CT molecular complexity index is 1540. The van der Waals surface area contributed by atoms with Gasteiger partial charge in [0.2, 0.25) is 0 Å². The number of esters is 4. The molecule has 3 rings (SSSR count). The maximum absolute atomic E-state index is 13.3. The predicted molar refractivity (Wildman–Crippen MR) is 175 cm³/mol. The fraction of sp³-hybridized carbons (Fsp3) is 0.297. The van der Waals surface area contributed by atoms with Crippen LogP contribution in [-0.4, -0.2) is 50.3 Å². The first-order chi connectivity index (χ1) is 22.6. The van der Waals surface area contributed by atoms with Crippen molar-refractivity contribution in [3.63, 3.8) is 0 Å². The summed E-state index contributed by atoms with van der Waals surface area (Å²) in [6, 6.07) is 17.3. The van der Waals surface area contributed by atoms with Gasteiger partial charge in [-0.15, -0.1) is 0 Å². The van der Waals surface area contributed by atoms with E-state index in [1.165, 1.54) is 6.92 Å². The van der Waals surface area contributed by atoms with E-state index in [1.54, 1.807) is 43.3 Å². The lowest BCUT2D eigenvalue weighted by atomic mass is 9.94. The van der Waals surface area contributed by atoms with Crippen molar-refractivity contribution in [2.45, 2.75) is 46.0 Å².